The first-order chi connectivity index (χ1) is 12.5. The second kappa shape index (κ2) is 7.16. The monoisotopic (exact) mass is 373 g/mol. The van der Waals surface area contributed by atoms with Crippen LogP contribution in [-0.2, 0) is 19.5 Å². The third kappa shape index (κ3) is 3.32. The van der Waals surface area contributed by atoms with Gasteiger partial charge in [-0.15, -0.1) is 11.3 Å². The maximum atomic E-state index is 13.0. The van der Waals surface area contributed by atoms with E-state index in [4.69, 9.17) is 4.52 Å². The number of hydrogen-bond acceptors (Lipinski definition) is 5. The largest absolute Gasteiger partial charge is 0.361 e. The Bertz CT molecular complexity index is 791. The summed E-state index contributed by atoms with van der Waals surface area (Å²) < 4.78 is 5.29. The summed E-state index contributed by atoms with van der Waals surface area (Å²) in [7, 11) is 0. The number of rotatable bonds is 3. The number of likely N-dealkylation sites (tertiary alicyclic amines) is 1. The van der Waals surface area contributed by atoms with Crippen molar-refractivity contribution in [1.29, 1.82) is 0 Å². The summed E-state index contributed by atoms with van der Waals surface area (Å²) in [5, 5.41) is 6.15. The number of carbonyl (C=O) groups excluding carboxylic acids is 1. The number of nitrogens with zero attached hydrogens (tertiary/aromatic N) is 3. The van der Waals surface area contributed by atoms with Gasteiger partial charge in [0.2, 0.25) is 0 Å². The topological polar surface area (TPSA) is 49.6 Å². The molecule has 2 aromatic heterocycles. The molecule has 4 rings (SSSR count). The summed E-state index contributed by atoms with van der Waals surface area (Å²) in [6.07, 6.45) is 3.32. The summed E-state index contributed by atoms with van der Waals surface area (Å²) in [6, 6.07) is 0. The van der Waals surface area contributed by atoms with Crippen molar-refractivity contribution in [2.24, 2.45) is 5.92 Å². The lowest BCUT2D eigenvalue weighted by Gasteiger charge is -2.32. The van der Waals surface area contributed by atoms with E-state index in [1.165, 1.54) is 22.4 Å². The molecule has 2 aliphatic heterocycles. The van der Waals surface area contributed by atoms with E-state index in [0.717, 1.165) is 62.6 Å². The molecule has 140 valence electrons. The Morgan fingerprint density at radius 1 is 1.38 bits per heavy atom. The minimum atomic E-state index is 0.244. The quantitative estimate of drug-likeness (QED) is 0.821. The predicted molar refractivity (Wildman–Crippen MR) is 102 cm³/mol. The molecule has 2 aliphatic rings. The van der Waals surface area contributed by atoms with Gasteiger partial charge in [-0.3, -0.25) is 9.69 Å². The zero-order valence-electron chi connectivity index (χ0n) is 15.9. The van der Waals surface area contributed by atoms with Gasteiger partial charge in [-0.25, -0.2) is 0 Å². The Kier molecular flexibility index (Phi) is 4.88. The lowest BCUT2D eigenvalue weighted by atomic mass is 9.98. The van der Waals surface area contributed by atoms with Crippen LogP contribution in [0.15, 0.2) is 9.90 Å². The summed E-state index contributed by atoms with van der Waals surface area (Å²) in [5.41, 5.74) is 4.42. The third-order valence-corrected chi connectivity index (χ3v) is 6.78. The second-order valence-electron chi connectivity index (χ2n) is 7.81. The average molecular weight is 374 g/mol. The van der Waals surface area contributed by atoms with Crippen molar-refractivity contribution in [2.45, 2.75) is 53.1 Å². The molecule has 0 aliphatic carbocycles. The van der Waals surface area contributed by atoms with Gasteiger partial charge in [0.15, 0.2) is 0 Å². The second-order valence-corrected chi connectivity index (χ2v) is 8.78. The molecule has 0 radical (unpaired) electrons. The van der Waals surface area contributed by atoms with Crippen molar-refractivity contribution in [3.05, 3.63) is 38.4 Å². The molecule has 1 amide bonds. The molecule has 0 bridgehead atoms. The Balaban J connectivity index is 1.47. The van der Waals surface area contributed by atoms with E-state index in [0.29, 0.717) is 5.92 Å². The lowest BCUT2D eigenvalue weighted by molar-refractivity contribution is 0.0681. The number of carbonyl (C=O) groups is 1. The Morgan fingerprint density at radius 2 is 2.23 bits per heavy atom. The molecule has 1 fully saturated rings. The highest BCUT2D eigenvalue weighted by atomic mass is 32.1. The van der Waals surface area contributed by atoms with Crippen LogP contribution in [0, 0.1) is 19.8 Å². The molecule has 1 saturated heterocycles. The first kappa shape index (κ1) is 17.7. The van der Waals surface area contributed by atoms with Gasteiger partial charge in [-0.05, 0) is 44.6 Å². The number of amides is 1. The molecule has 0 aromatic carbocycles. The van der Waals surface area contributed by atoms with Crippen LogP contribution in [0.4, 0.5) is 0 Å². The van der Waals surface area contributed by atoms with Gasteiger partial charge in [-0.1, -0.05) is 12.1 Å². The number of fused-ring (bicyclic) bond motifs is 1. The Hall–Kier alpha value is -1.66. The average Bonchev–Trinajstić information content (AvgIpc) is 3.19. The van der Waals surface area contributed by atoms with Crippen molar-refractivity contribution in [3.8, 4) is 0 Å². The molecular weight excluding hydrogens is 346 g/mol. The molecule has 6 heteroatoms. The molecule has 1 atom stereocenters. The number of aryl methyl sites for hydroxylation is 2. The van der Waals surface area contributed by atoms with Crippen LogP contribution in [0.25, 0.3) is 0 Å². The molecule has 26 heavy (non-hydrogen) atoms. The highest BCUT2D eigenvalue weighted by molar-refractivity contribution is 7.10. The highest BCUT2D eigenvalue weighted by Gasteiger charge is 2.28. The predicted octanol–water partition coefficient (Wildman–Crippen LogP) is 3.78. The summed E-state index contributed by atoms with van der Waals surface area (Å²) in [6.45, 7) is 10.8. The summed E-state index contributed by atoms with van der Waals surface area (Å²) in [4.78, 5) is 18.8. The summed E-state index contributed by atoms with van der Waals surface area (Å²) in [5.74, 6) is 1.77. The van der Waals surface area contributed by atoms with Crippen LogP contribution in [0.5, 0.6) is 0 Å². The number of thiophene rings is 1. The fourth-order valence-electron chi connectivity index (χ4n) is 4.19. The van der Waals surface area contributed by atoms with Gasteiger partial charge in [-0.2, -0.15) is 0 Å². The van der Waals surface area contributed by atoms with Crippen LogP contribution >= 0.6 is 11.3 Å². The molecular formula is C20H27N3O2S. The highest BCUT2D eigenvalue weighted by Crippen LogP contribution is 2.31. The van der Waals surface area contributed by atoms with Gasteiger partial charge in [0, 0.05) is 48.5 Å². The molecule has 0 spiro atoms. The van der Waals surface area contributed by atoms with Gasteiger partial charge >= 0.3 is 0 Å². The van der Waals surface area contributed by atoms with Gasteiger partial charge in [0.25, 0.3) is 5.91 Å². The van der Waals surface area contributed by atoms with Crippen LogP contribution in [0.1, 0.15) is 57.6 Å². The van der Waals surface area contributed by atoms with Gasteiger partial charge in [0.05, 0.1) is 11.3 Å². The zero-order valence-corrected chi connectivity index (χ0v) is 16.7. The first-order valence-corrected chi connectivity index (χ1v) is 10.4. The maximum absolute atomic E-state index is 13.0. The van der Waals surface area contributed by atoms with E-state index in [1.54, 1.807) is 11.3 Å². The van der Waals surface area contributed by atoms with Crippen molar-refractivity contribution in [2.75, 3.05) is 19.6 Å². The zero-order chi connectivity index (χ0) is 18.3. The molecule has 4 heterocycles. The van der Waals surface area contributed by atoms with Crippen molar-refractivity contribution >= 4 is 17.2 Å². The van der Waals surface area contributed by atoms with E-state index in [2.05, 4.69) is 27.3 Å². The number of piperidine rings is 1. The number of aromatic nitrogens is 1. The van der Waals surface area contributed by atoms with Gasteiger partial charge in [0.1, 0.15) is 5.76 Å². The lowest BCUT2D eigenvalue weighted by Crippen LogP contribution is -2.39. The molecule has 1 unspecified atom stereocenters. The van der Waals surface area contributed by atoms with Crippen molar-refractivity contribution < 1.29 is 9.32 Å². The molecule has 0 saturated carbocycles. The number of hydrogen-bond donors (Lipinski definition) is 0. The van der Waals surface area contributed by atoms with E-state index in [-0.39, 0.29) is 5.91 Å². The van der Waals surface area contributed by atoms with E-state index in [1.807, 2.05) is 13.8 Å². The standard InChI is InChI=1S/C20H27N3O2S/c1-13-5-4-7-23(9-13)20(24)18-12-26-19-11-22(8-6-16(18)19)10-17-14(2)21-25-15(17)3/h12-13H,4-11H2,1-3H3. The fraction of sp³-hybridized carbons (Fsp3) is 0.600. The normalized spacial score (nSPS) is 21.0. The minimum absolute atomic E-state index is 0.244. The van der Waals surface area contributed by atoms with Crippen LogP contribution in [0.2, 0.25) is 0 Å². The van der Waals surface area contributed by atoms with Gasteiger partial charge < -0.3 is 9.42 Å². The minimum Gasteiger partial charge on any atom is -0.361 e. The van der Waals surface area contributed by atoms with Crippen LogP contribution < -0.4 is 0 Å². The van der Waals surface area contributed by atoms with Crippen LogP contribution in [0.3, 0.4) is 0 Å². The molecule has 5 nitrogen and oxygen atoms in total. The Morgan fingerprint density at radius 3 is 2.96 bits per heavy atom. The van der Waals surface area contributed by atoms with E-state index in [9.17, 15) is 4.79 Å². The van der Waals surface area contributed by atoms with E-state index >= 15 is 0 Å². The SMILES string of the molecule is Cc1noc(C)c1CN1CCc2c(C(=O)N3CCCC(C)C3)csc2C1. The first-order valence-electron chi connectivity index (χ1n) is 9.55. The smallest absolute Gasteiger partial charge is 0.254 e. The Labute approximate surface area is 159 Å². The maximum Gasteiger partial charge on any atom is 0.254 e. The molecule has 0 N–H and O–H groups in total. The van der Waals surface area contributed by atoms with Crippen molar-refractivity contribution in [3.63, 3.8) is 0 Å². The van der Waals surface area contributed by atoms with Crippen LogP contribution in [-0.4, -0.2) is 40.5 Å². The van der Waals surface area contributed by atoms with E-state index < -0.39 is 0 Å². The summed E-state index contributed by atoms with van der Waals surface area (Å²) >= 11 is 1.74. The van der Waals surface area contributed by atoms with Crippen molar-refractivity contribution in [1.82, 2.24) is 15.0 Å². The fourth-order valence-corrected chi connectivity index (χ4v) is 5.31. The third-order valence-electron chi connectivity index (χ3n) is 5.76. The molecule has 2 aromatic rings.